The van der Waals surface area contributed by atoms with Crippen LogP contribution in [0, 0.1) is 0 Å². The Balaban J connectivity index is 1.74. The van der Waals surface area contributed by atoms with Gasteiger partial charge in [-0.15, -0.1) is 0 Å². The minimum atomic E-state index is 0.279. The molecule has 1 N–H and O–H groups in total. The molecule has 18 heavy (non-hydrogen) atoms. The van der Waals surface area contributed by atoms with Gasteiger partial charge in [0.25, 0.3) is 0 Å². The number of carbonyl (C=O) groups is 1. The van der Waals surface area contributed by atoms with E-state index in [2.05, 4.69) is 23.5 Å². The molecule has 2 aliphatic rings. The highest BCUT2D eigenvalue weighted by atomic mass is 16.2. The summed E-state index contributed by atoms with van der Waals surface area (Å²) in [5, 5.41) is 3.40. The van der Waals surface area contributed by atoms with Gasteiger partial charge in [0.1, 0.15) is 0 Å². The predicted molar refractivity (Wildman–Crippen MR) is 72.8 cm³/mol. The summed E-state index contributed by atoms with van der Waals surface area (Å²) in [5.74, 6) is 0.279. The fourth-order valence-electron chi connectivity index (χ4n) is 3.04. The van der Waals surface area contributed by atoms with E-state index in [1.807, 2.05) is 11.0 Å². The average Bonchev–Trinajstić information content (AvgIpc) is 2.91. The van der Waals surface area contributed by atoms with Gasteiger partial charge in [0, 0.05) is 24.7 Å². The zero-order valence-electron chi connectivity index (χ0n) is 10.7. The minimum Gasteiger partial charge on any atom is -0.313 e. The van der Waals surface area contributed by atoms with E-state index in [0.29, 0.717) is 12.5 Å². The van der Waals surface area contributed by atoms with Gasteiger partial charge in [-0.1, -0.05) is 18.2 Å². The van der Waals surface area contributed by atoms with Crippen molar-refractivity contribution in [3.05, 3.63) is 29.8 Å². The molecule has 2 aliphatic heterocycles. The van der Waals surface area contributed by atoms with E-state index in [-0.39, 0.29) is 5.91 Å². The fraction of sp³-hybridized carbons (Fsp3) is 0.533. The van der Waals surface area contributed by atoms with Crippen LogP contribution in [0.2, 0.25) is 0 Å². The summed E-state index contributed by atoms with van der Waals surface area (Å²) < 4.78 is 0. The van der Waals surface area contributed by atoms with Crippen molar-refractivity contribution < 1.29 is 4.79 Å². The number of fused-ring (bicyclic) bond motifs is 1. The topological polar surface area (TPSA) is 32.3 Å². The number of nitrogens with one attached hydrogen (secondary N) is 1. The highest BCUT2D eigenvalue weighted by molar-refractivity contribution is 5.94. The largest absolute Gasteiger partial charge is 0.313 e. The Morgan fingerprint density at radius 2 is 2.22 bits per heavy atom. The van der Waals surface area contributed by atoms with Crippen LogP contribution in [0.4, 0.5) is 5.69 Å². The number of rotatable bonds is 2. The Morgan fingerprint density at radius 3 is 3.06 bits per heavy atom. The van der Waals surface area contributed by atoms with Crippen molar-refractivity contribution >= 4 is 11.6 Å². The van der Waals surface area contributed by atoms with Crippen LogP contribution in [0.5, 0.6) is 0 Å². The van der Waals surface area contributed by atoms with Gasteiger partial charge >= 0.3 is 0 Å². The first-order valence-corrected chi connectivity index (χ1v) is 6.96. The SMILES string of the molecule is O=C(CC1CCCN1)N1CCCc2ccccc21. The number of aryl methyl sites for hydroxylation is 1. The molecule has 1 aromatic rings. The molecule has 0 aromatic heterocycles. The van der Waals surface area contributed by atoms with Gasteiger partial charge in [-0.25, -0.2) is 0 Å². The van der Waals surface area contributed by atoms with E-state index in [1.54, 1.807) is 0 Å². The van der Waals surface area contributed by atoms with Crippen LogP contribution in [0.1, 0.15) is 31.2 Å². The van der Waals surface area contributed by atoms with E-state index < -0.39 is 0 Å². The number of para-hydroxylation sites is 1. The van der Waals surface area contributed by atoms with Gasteiger partial charge in [-0.2, -0.15) is 0 Å². The number of nitrogens with zero attached hydrogens (tertiary/aromatic N) is 1. The number of hydrogen-bond acceptors (Lipinski definition) is 2. The van der Waals surface area contributed by atoms with E-state index in [0.717, 1.165) is 38.0 Å². The summed E-state index contributed by atoms with van der Waals surface area (Å²) in [6.45, 7) is 1.94. The number of amides is 1. The van der Waals surface area contributed by atoms with Crippen LogP contribution >= 0.6 is 0 Å². The highest BCUT2D eigenvalue weighted by Gasteiger charge is 2.25. The first-order chi connectivity index (χ1) is 8.84. The van der Waals surface area contributed by atoms with E-state index in [4.69, 9.17) is 0 Å². The lowest BCUT2D eigenvalue weighted by atomic mass is 10.0. The summed E-state index contributed by atoms with van der Waals surface area (Å²) in [7, 11) is 0. The molecule has 1 fully saturated rings. The molecule has 1 unspecified atom stereocenters. The number of hydrogen-bond donors (Lipinski definition) is 1. The maximum absolute atomic E-state index is 12.4. The second kappa shape index (κ2) is 5.11. The quantitative estimate of drug-likeness (QED) is 0.864. The van der Waals surface area contributed by atoms with E-state index in [1.165, 1.54) is 12.0 Å². The van der Waals surface area contributed by atoms with Crippen LogP contribution in [0.3, 0.4) is 0 Å². The molecule has 1 aromatic carbocycles. The molecule has 2 heterocycles. The molecule has 0 radical (unpaired) electrons. The van der Waals surface area contributed by atoms with Gasteiger partial charge in [-0.05, 0) is 43.9 Å². The normalized spacial score (nSPS) is 22.9. The summed E-state index contributed by atoms with van der Waals surface area (Å²) >= 11 is 0. The highest BCUT2D eigenvalue weighted by Crippen LogP contribution is 2.27. The Hall–Kier alpha value is -1.35. The molecule has 96 valence electrons. The maximum atomic E-state index is 12.4. The van der Waals surface area contributed by atoms with Gasteiger partial charge in [0.15, 0.2) is 0 Å². The lowest BCUT2D eigenvalue weighted by Gasteiger charge is -2.30. The monoisotopic (exact) mass is 244 g/mol. The second-order valence-corrected chi connectivity index (χ2v) is 5.28. The number of benzene rings is 1. The standard InChI is InChI=1S/C15H20N2O/c18-15(11-13-7-3-9-16-13)17-10-4-6-12-5-1-2-8-14(12)17/h1-2,5,8,13,16H,3-4,6-7,9-11H2. The number of anilines is 1. The lowest BCUT2D eigenvalue weighted by Crippen LogP contribution is -2.38. The van der Waals surface area contributed by atoms with Crippen LogP contribution in [0.15, 0.2) is 24.3 Å². The predicted octanol–water partition coefficient (Wildman–Crippen LogP) is 2.11. The molecular weight excluding hydrogens is 224 g/mol. The molecule has 0 saturated carbocycles. The van der Waals surface area contributed by atoms with Crippen molar-refractivity contribution in [2.45, 2.75) is 38.1 Å². The fourth-order valence-corrected chi connectivity index (χ4v) is 3.04. The van der Waals surface area contributed by atoms with Crippen LogP contribution in [0.25, 0.3) is 0 Å². The Kier molecular flexibility index (Phi) is 3.33. The third kappa shape index (κ3) is 2.27. The smallest absolute Gasteiger partial charge is 0.228 e. The Bertz CT molecular complexity index is 438. The van der Waals surface area contributed by atoms with Crippen LogP contribution < -0.4 is 10.2 Å². The average molecular weight is 244 g/mol. The molecule has 0 spiro atoms. The van der Waals surface area contributed by atoms with Gasteiger partial charge in [-0.3, -0.25) is 4.79 Å². The second-order valence-electron chi connectivity index (χ2n) is 5.28. The van der Waals surface area contributed by atoms with E-state index in [9.17, 15) is 4.79 Å². The van der Waals surface area contributed by atoms with Crippen molar-refractivity contribution in [2.75, 3.05) is 18.0 Å². The molecule has 1 saturated heterocycles. The van der Waals surface area contributed by atoms with Crippen molar-refractivity contribution in [1.29, 1.82) is 0 Å². The first-order valence-electron chi connectivity index (χ1n) is 6.96. The molecule has 0 aliphatic carbocycles. The molecule has 0 bridgehead atoms. The minimum absolute atomic E-state index is 0.279. The Labute approximate surface area is 108 Å². The summed E-state index contributed by atoms with van der Waals surface area (Å²) in [6, 6.07) is 8.70. The van der Waals surface area contributed by atoms with Gasteiger partial charge in [0.2, 0.25) is 5.91 Å². The molecular formula is C15H20N2O. The molecule has 3 heteroatoms. The van der Waals surface area contributed by atoms with Crippen molar-refractivity contribution in [2.24, 2.45) is 0 Å². The Morgan fingerprint density at radius 1 is 1.33 bits per heavy atom. The summed E-state index contributed by atoms with van der Waals surface area (Å²) in [4.78, 5) is 14.4. The van der Waals surface area contributed by atoms with Crippen LogP contribution in [-0.4, -0.2) is 25.0 Å². The summed E-state index contributed by atoms with van der Waals surface area (Å²) in [5.41, 5.74) is 2.45. The third-order valence-corrected chi connectivity index (χ3v) is 3.99. The zero-order valence-corrected chi connectivity index (χ0v) is 10.7. The third-order valence-electron chi connectivity index (χ3n) is 3.99. The number of carbonyl (C=O) groups excluding carboxylic acids is 1. The molecule has 3 nitrogen and oxygen atoms in total. The first kappa shape index (κ1) is 11.7. The van der Waals surface area contributed by atoms with Gasteiger partial charge < -0.3 is 10.2 Å². The van der Waals surface area contributed by atoms with Crippen molar-refractivity contribution in [3.63, 3.8) is 0 Å². The molecule has 1 atom stereocenters. The van der Waals surface area contributed by atoms with Gasteiger partial charge in [0.05, 0.1) is 0 Å². The van der Waals surface area contributed by atoms with Crippen molar-refractivity contribution in [1.82, 2.24) is 5.32 Å². The summed E-state index contributed by atoms with van der Waals surface area (Å²) in [6.07, 6.45) is 5.17. The van der Waals surface area contributed by atoms with Crippen LogP contribution in [-0.2, 0) is 11.2 Å². The maximum Gasteiger partial charge on any atom is 0.228 e. The lowest BCUT2D eigenvalue weighted by molar-refractivity contribution is -0.119. The van der Waals surface area contributed by atoms with E-state index >= 15 is 0 Å². The zero-order chi connectivity index (χ0) is 12.4. The molecule has 3 rings (SSSR count). The van der Waals surface area contributed by atoms with Crippen molar-refractivity contribution in [3.8, 4) is 0 Å². The molecule has 1 amide bonds.